The van der Waals surface area contributed by atoms with Crippen LogP contribution < -0.4 is 4.74 Å². The van der Waals surface area contributed by atoms with Crippen LogP contribution in [-0.2, 0) is 6.61 Å². The lowest BCUT2D eigenvalue weighted by molar-refractivity contribution is 0.306. The summed E-state index contributed by atoms with van der Waals surface area (Å²) in [7, 11) is 0. The fourth-order valence-electron chi connectivity index (χ4n) is 1.29. The monoisotopic (exact) mass is 321 g/mol. The Hall–Kier alpha value is -0.670. The third kappa shape index (κ3) is 3.42. The van der Waals surface area contributed by atoms with Gasteiger partial charge in [0.15, 0.2) is 0 Å². The van der Waals surface area contributed by atoms with Gasteiger partial charge in [-0.1, -0.05) is 46.4 Å². The Balaban J connectivity index is 2.13. The zero-order valence-electron chi connectivity index (χ0n) is 8.96. The summed E-state index contributed by atoms with van der Waals surface area (Å²) in [5.74, 6) is 0.496. The second-order valence-electron chi connectivity index (χ2n) is 3.46. The first-order valence-corrected chi connectivity index (χ1v) is 6.45. The standard InChI is InChI=1S/C12H7Cl4NO/c13-8-1-2-9(14)11(3-8)18-6-7-5-17-12(16)4-10(7)15/h1-5H,6H2. The van der Waals surface area contributed by atoms with Crippen LogP contribution in [0.3, 0.4) is 0 Å². The van der Waals surface area contributed by atoms with E-state index in [0.717, 1.165) is 5.56 Å². The molecule has 0 N–H and O–H groups in total. The van der Waals surface area contributed by atoms with Crippen LogP contribution in [0.15, 0.2) is 30.5 Å². The smallest absolute Gasteiger partial charge is 0.139 e. The van der Waals surface area contributed by atoms with Gasteiger partial charge in [0.1, 0.15) is 17.5 Å². The highest BCUT2D eigenvalue weighted by atomic mass is 35.5. The molecule has 2 nitrogen and oxygen atoms in total. The number of benzene rings is 1. The van der Waals surface area contributed by atoms with Crippen LogP contribution in [0, 0.1) is 0 Å². The first-order chi connectivity index (χ1) is 8.56. The molecule has 0 radical (unpaired) electrons. The lowest BCUT2D eigenvalue weighted by atomic mass is 10.3. The van der Waals surface area contributed by atoms with E-state index in [4.69, 9.17) is 51.1 Å². The molecule has 1 aromatic carbocycles. The van der Waals surface area contributed by atoms with Crippen LogP contribution >= 0.6 is 46.4 Å². The topological polar surface area (TPSA) is 22.1 Å². The molecule has 0 saturated heterocycles. The van der Waals surface area contributed by atoms with Crippen molar-refractivity contribution in [2.75, 3.05) is 0 Å². The van der Waals surface area contributed by atoms with E-state index in [2.05, 4.69) is 4.98 Å². The number of halogens is 4. The molecule has 0 aliphatic heterocycles. The maximum atomic E-state index is 6.00. The van der Waals surface area contributed by atoms with Crippen LogP contribution in [-0.4, -0.2) is 4.98 Å². The van der Waals surface area contributed by atoms with Crippen LogP contribution in [0.1, 0.15) is 5.56 Å². The van der Waals surface area contributed by atoms with Gasteiger partial charge in [-0.15, -0.1) is 0 Å². The molecule has 6 heteroatoms. The van der Waals surface area contributed by atoms with Crippen LogP contribution in [0.4, 0.5) is 0 Å². The SMILES string of the molecule is Clc1ccc(Cl)c(OCc2cnc(Cl)cc2Cl)c1. The number of hydrogen-bond donors (Lipinski definition) is 0. The fourth-order valence-corrected chi connectivity index (χ4v) is 2.04. The highest BCUT2D eigenvalue weighted by Gasteiger charge is 2.06. The summed E-state index contributed by atoms with van der Waals surface area (Å²) < 4.78 is 5.54. The van der Waals surface area contributed by atoms with Gasteiger partial charge < -0.3 is 4.74 Å². The molecule has 0 aliphatic carbocycles. The molecule has 0 saturated carbocycles. The fraction of sp³-hybridized carbons (Fsp3) is 0.0833. The summed E-state index contributed by atoms with van der Waals surface area (Å²) in [6.07, 6.45) is 1.56. The normalized spacial score (nSPS) is 10.4. The molecule has 2 aromatic rings. The largest absolute Gasteiger partial charge is 0.487 e. The number of nitrogens with zero attached hydrogens (tertiary/aromatic N) is 1. The molecule has 18 heavy (non-hydrogen) atoms. The van der Waals surface area contributed by atoms with E-state index in [-0.39, 0.29) is 6.61 Å². The molecular weight excluding hydrogens is 316 g/mol. The van der Waals surface area contributed by atoms with Crippen molar-refractivity contribution < 1.29 is 4.74 Å². The Bertz CT molecular complexity index is 574. The van der Waals surface area contributed by atoms with E-state index in [1.807, 2.05) is 0 Å². The maximum Gasteiger partial charge on any atom is 0.139 e. The van der Waals surface area contributed by atoms with E-state index in [1.165, 1.54) is 0 Å². The second kappa shape index (κ2) is 5.98. The minimum atomic E-state index is 0.239. The van der Waals surface area contributed by atoms with Gasteiger partial charge in [-0.25, -0.2) is 4.98 Å². The van der Waals surface area contributed by atoms with Crippen molar-refractivity contribution in [1.82, 2.24) is 4.98 Å². The Morgan fingerprint density at radius 2 is 1.78 bits per heavy atom. The summed E-state index contributed by atoms with van der Waals surface area (Å²) in [5.41, 5.74) is 0.720. The Morgan fingerprint density at radius 3 is 2.50 bits per heavy atom. The van der Waals surface area contributed by atoms with Crippen molar-refractivity contribution in [3.05, 3.63) is 56.2 Å². The van der Waals surface area contributed by atoms with E-state index in [0.29, 0.717) is 26.0 Å². The molecule has 1 aromatic heterocycles. The van der Waals surface area contributed by atoms with Crippen molar-refractivity contribution >= 4 is 46.4 Å². The van der Waals surface area contributed by atoms with Crippen molar-refractivity contribution in [1.29, 1.82) is 0 Å². The van der Waals surface area contributed by atoms with Gasteiger partial charge in [0, 0.05) is 22.8 Å². The number of hydrogen-bond acceptors (Lipinski definition) is 2. The minimum Gasteiger partial charge on any atom is -0.487 e. The molecule has 0 unspecified atom stereocenters. The van der Waals surface area contributed by atoms with Gasteiger partial charge in [0.25, 0.3) is 0 Å². The van der Waals surface area contributed by atoms with Crippen molar-refractivity contribution in [2.24, 2.45) is 0 Å². The molecule has 2 rings (SSSR count). The number of ether oxygens (including phenoxy) is 1. The Morgan fingerprint density at radius 1 is 1.00 bits per heavy atom. The first-order valence-electron chi connectivity index (χ1n) is 4.94. The molecule has 0 atom stereocenters. The minimum absolute atomic E-state index is 0.239. The zero-order valence-corrected chi connectivity index (χ0v) is 12.0. The molecular formula is C12H7Cl4NO. The third-order valence-electron chi connectivity index (χ3n) is 2.17. The van der Waals surface area contributed by atoms with Gasteiger partial charge in [-0.05, 0) is 18.2 Å². The quantitative estimate of drug-likeness (QED) is 0.718. The molecule has 0 amide bonds. The van der Waals surface area contributed by atoms with E-state index < -0.39 is 0 Å². The predicted molar refractivity (Wildman–Crippen MR) is 75.1 cm³/mol. The second-order valence-corrected chi connectivity index (χ2v) is 5.10. The van der Waals surface area contributed by atoms with E-state index in [9.17, 15) is 0 Å². The van der Waals surface area contributed by atoms with Gasteiger partial charge in [-0.3, -0.25) is 0 Å². The van der Waals surface area contributed by atoms with Crippen LogP contribution in [0.2, 0.25) is 20.2 Å². The summed E-state index contributed by atoms with van der Waals surface area (Å²) in [4.78, 5) is 3.93. The average Bonchev–Trinajstić information content (AvgIpc) is 2.32. The first kappa shape index (κ1) is 13.8. The molecule has 0 spiro atoms. The summed E-state index contributed by atoms with van der Waals surface area (Å²) in [5, 5.41) is 1.87. The third-order valence-corrected chi connectivity index (χ3v) is 3.28. The summed E-state index contributed by atoms with van der Waals surface area (Å²) in [6.45, 7) is 0.239. The molecule has 0 fully saturated rings. The van der Waals surface area contributed by atoms with Crippen LogP contribution in [0.5, 0.6) is 5.75 Å². The Labute approximate surface area is 124 Å². The average molecular weight is 323 g/mol. The van der Waals surface area contributed by atoms with E-state index in [1.54, 1.807) is 30.5 Å². The van der Waals surface area contributed by atoms with E-state index >= 15 is 0 Å². The summed E-state index contributed by atoms with van der Waals surface area (Å²) in [6, 6.07) is 6.55. The van der Waals surface area contributed by atoms with Crippen molar-refractivity contribution in [2.45, 2.75) is 6.61 Å². The number of rotatable bonds is 3. The number of pyridine rings is 1. The molecule has 94 valence electrons. The summed E-state index contributed by atoms with van der Waals surface area (Å²) >= 11 is 23.5. The van der Waals surface area contributed by atoms with Crippen molar-refractivity contribution in [3.63, 3.8) is 0 Å². The molecule has 1 heterocycles. The maximum absolute atomic E-state index is 6.00. The lowest BCUT2D eigenvalue weighted by Crippen LogP contribution is -1.97. The lowest BCUT2D eigenvalue weighted by Gasteiger charge is -2.09. The predicted octanol–water partition coefficient (Wildman–Crippen LogP) is 5.27. The van der Waals surface area contributed by atoms with Gasteiger partial charge >= 0.3 is 0 Å². The Kier molecular flexibility index (Phi) is 4.57. The van der Waals surface area contributed by atoms with Gasteiger partial charge in [0.2, 0.25) is 0 Å². The number of aromatic nitrogens is 1. The molecule has 0 aliphatic rings. The molecule has 0 bridgehead atoms. The zero-order chi connectivity index (χ0) is 13.1. The van der Waals surface area contributed by atoms with Crippen LogP contribution in [0.25, 0.3) is 0 Å². The highest BCUT2D eigenvalue weighted by Crippen LogP contribution is 2.29. The van der Waals surface area contributed by atoms with Gasteiger partial charge in [0.05, 0.1) is 10.0 Å². The van der Waals surface area contributed by atoms with Crippen molar-refractivity contribution in [3.8, 4) is 5.75 Å². The van der Waals surface area contributed by atoms with Gasteiger partial charge in [-0.2, -0.15) is 0 Å². The highest BCUT2D eigenvalue weighted by molar-refractivity contribution is 6.34.